The van der Waals surface area contributed by atoms with Crippen molar-refractivity contribution in [3.05, 3.63) is 106 Å². The number of allylic oxidation sites excluding steroid dienone is 1. The van der Waals surface area contributed by atoms with Gasteiger partial charge < -0.3 is 18.6 Å². The van der Waals surface area contributed by atoms with Gasteiger partial charge in [-0.05, 0) is 55.8 Å². The van der Waals surface area contributed by atoms with Crippen molar-refractivity contribution in [3.63, 3.8) is 0 Å². The van der Waals surface area contributed by atoms with E-state index in [1.54, 1.807) is 44.2 Å². The Hall–Kier alpha value is -4.68. The SMILES string of the molecule is CCOC(=O)C1=C(C)N=c2s/c(=C/c3ccc(-c4ccc(Cl)cc4[N+](=O)[O-])o3)c(=O)n2[C@@H]1c1ccc(OC)c(OC)c1. The van der Waals surface area contributed by atoms with Crippen molar-refractivity contribution in [3.8, 4) is 22.8 Å². The molecule has 42 heavy (non-hydrogen) atoms. The Balaban J connectivity index is 1.65. The third kappa shape index (κ3) is 5.21. The second-order valence-corrected chi connectivity index (χ2v) is 10.5. The quantitative estimate of drug-likeness (QED) is 0.160. The van der Waals surface area contributed by atoms with Crippen LogP contribution in [-0.4, -0.2) is 36.3 Å². The van der Waals surface area contributed by atoms with Crippen LogP contribution < -0.4 is 24.4 Å². The van der Waals surface area contributed by atoms with Gasteiger partial charge in [0, 0.05) is 17.2 Å². The van der Waals surface area contributed by atoms with E-state index >= 15 is 0 Å². The molecule has 5 rings (SSSR count). The summed E-state index contributed by atoms with van der Waals surface area (Å²) in [5.41, 5.74) is 0.847. The lowest BCUT2D eigenvalue weighted by Crippen LogP contribution is -2.39. The van der Waals surface area contributed by atoms with Crippen molar-refractivity contribution < 1.29 is 28.3 Å². The summed E-state index contributed by atoms with van der Waals surface area (Å²) >= 11 is 7.06. The fraction of sp³-hybridized carbons (Fsp3) is 0.207. The smallest absolute Gasteiger partial charge is 0.338 e. The molecule has 0 saturated carbocycles. The number of nitrogens with zero attached hydrogens (tertiary/aromatic N) is 3. The summed E-state index contributed by atoms with van der Waals surface area (Å²) in [5.74, 6) is 0.855. The number of nitro groups is 1. The lowest BCUT2D eigenvalue weighted by atomic mass is 9.95. The molecule has 0 bridgehead atoms. The molecule has 0 aliphatic carbocycles. The van der Waals surface area contributed by atoms with E-state index in [2.05, 4.69) is 4.99 Å². The number of thiazole rings is 1. The molecule has 1 aliphatic heterocycles. The maximum absolute atomic E-state index is 13.9. The second-order valence-electron chi connectivity index (χ2n) is 9.04. The average Bonchev–Trinajstić information content (AvgIpc) is 3.55. The number of benzene rings is 2. The van der Waals surface area contributed by atoms with Crippen molar-refractivity contribution in [1.82, 2.24) is 4.57 Å². The van der Waals surface area contributed by atoms with Gasteiger partial charge in [0.2, 0.25) is 0 Å². The van der Waals surface area contributed by atoms with E-state index in [1.165, 1.54) is 43.1 Å². The van der Waals surface area contributed by atoms with E-state index in [-0.39, 0.29) is 38.7 Å². The van der Waals surface area contributed by atoms with E-state index in [1.807, 2.05) is 0 Å². The Morgan fingerprint density at radius 1 is 1.17 bits per heavy atom. The fourth-order valence-electron chi connectivity index (χ4n) is 4.70. The molecule has 3 heterocycles. The number of carbonyl (C=O) groups excluding carboxylic acids is 1. The molecule has 4 aromatic rings. The van der Waals surface area contributed by atoms with Gasteiger partial charge in [-0.15, -0.1) is 0 Å². The summed E-state index contributed by atoms with van der Waals surface area (Å²) in [6.45, 7) is 3.53. The molecule has 0 radical (unpaired) electrons. The topological polar surface area (TPSA) is 135 Å². The first-order valence-corrected chi connectivity index (χ1v) is 13.8. The number of methoxy groups -OCH3 is 2. The summed E-state index contributed by atoms with van der Waals surface area (Å²) in [7, 11) is 3.01. The molecule has 0 spiro atoms. The highest BCUT2D eigenvalue weighted by Gasteiger charge is 2.34. The van der Waals surface area contributed by atoms with Crippen LogP contribution in [0.2, 0.25) is 5.02 Å². The minimum atomic E-state index is -0.855. The monoisotopic (exact) mass is 609 g/mol. The van der Waals surface area contributed by atoms with E-state index in [0.29, 0.717) is 33.3 Å². The number of ether oxygens (including phenoxy) is 3. The molecule has 0 amide bonds. The predicted octanol–water partition coefficient (Wildman–Crippen LogP) is 4.64. The van der Waals surface area contributed by atoms with Crippen LogP contribution in [0.5, 0.6) is 11.5 Å². The highest BCUT2D eigenvalue weighted by Crippen LogP contribution is 2.36. The highest BCUT2D eigenvalue weighted by atomic mass is 35.5. The van der Waals surface area contributed by atoms with Gasteiger partial charge in [0.05, 0.1) is 53.2 Å². The number of esters is 1. The summed E-state index contributed by atoms with van der Waals surface area (Å²) in [4.78, 5) is 43.0. The first-order valence-electron chi connectivity index (χ1n) is 12.6. The van der Waals surface area contributed by atoms with Crippen molar-refractivity contribution in [2.24, 2.45) is 4.99 Å². The molecule has 11 nitrogen and oxygen atoms in total. The predicted molar refractivity (Wildman–Crippen MR) is 156 cm³/mol. The van der Waals surface area contributed by atoms with Crippen LogP contribution in [0.25, 0.3) is 17.4 Å². The molecule has 2 aromatic heterocycles. The van der Waals surface area contributed by atoms with Gasteiger partial charge in [-0.2, -0.15) is 0 Å². The number of furan rings is 1. The largest absolute Gasteiger partial charge is 0.493 e. The van der Waals surface area contributed by atoms with Crippen molar-refractivity contribution in [1.29, 1.82) is 0 Å². The second kappa shape index (κ2) is 11.7. The highest BCUT2D eigenvalue weighted by molar-refractivity contribution is 7.07. The van der Waals surface area contributed by atoms with Crippen molar-refractivity contribution in [2.75, 3.05) is 20.8 Å². The first-order chi connectivity index (χ1) is 20.2. The van der Waals surface area contributed by atoms with Crippen LogP contribution in [-0.2, 0) is 9.53 Å². The number of carbonyl (C=O) groups is 1. The van der Waals surface area contributed by atoms with Gasteiger partial charge in [-0.25, -0.2) is 9.79 Å². The van der Waals surface area contributed by atoms with Crippen molar-refractivity contribution >= 4 is 40.7 Å². The van der Waals surface area contributed by atoms with Crippen LogP contribution >= 0.6 is 22.9 Å². The summed E-state index contributed by atoms with van der Waals surface area (Å²) in [5, 5.41) is 11.8. The molecule has 0 N–H and O–H groups in total. The summed E-state index contributed by atoms with van der Waals surface area (Å²) < 4.78 is 23.8. The normalized spacial score (nSPS) is 14.8. The number of halogens is 1. The van der Waals surface area contributed by atoms with E-state index in [9.17, 15) is 19.7 Å². The number of hydrogen-bond acceptors (Lipinski definition) is 10. The molecule has 1 aliphatic rings. The molecule has 1 atom stereocenters. The number of fused-ring (bicyclic) bond motifs is 1. The van der Waals surface area contributed by atoms with E-state index < -0.39 is 22.5 Å². The van der Waals surface area contributed by atoms with E-state index in [0.717, 1.165) is 11.3 Å². The molecular formula is C29H24ClN3O8S. The van der Waals surface area contributed by atoms with E-state index in [4.69, 9.17) is 30.2 Å². The van der Waals surface area contributed by atoms with Gasteiger partial charge in [0.1, 0.15) is 11.5 Å². The van der Waals surface area contributed by atoms with Gasteiger partial charge >= 0.3 is 5.97 Å². The molecule has 0 fully saturated rings. The Morgan fingerprint density at radius 2 is 1.93 bits per heavy atom. The maximum atomic E-state index is 13.9. The molecule has 13 heteroatoms. The molecule has 0 saturated heterocycles. The maximum Gasteiger partial charge on any atom is 0.338 e. The van der Waals surface area contributed by atoms with Gasteiger partial charge in [0.25, 0.3) is 11.2 Å². The van der Waals surface area contributed by atoms with Crippen LogP contribution in [0.4, 0.5) is 5.69 Å². The van der Waals surface area contributed by atoms with Crippen molar-refractivity contribution in [2.45, 2.75) is 19.9 Å². The Bertz CT molecular complexity index is 1940. The third-order valence-electron chi connectivity index (χ3n) is 6.56. The van der Waals surface area contributed by atoms with Crippen LogP contribution in [0.15, 0.2) is 74.0 Å². The number of nitro benzene ring substituents is 1. The zero-order valence-electron chi connectivity index (χ0n) is 22.9. The minimum Gasteiger partial charge on any atom is -0.493 e. The Morgan fingerprint density at radius 3 is 2.62 bits per heavy atom. The average molecular weight is 610 g/mol. The zero-order valence-corrected chi connectivity index (χ0v) is 24.4. The van der Waals surface area contributed by atoms with Gasteiger partial charge in [-0.3, -0.25) is 19.5 Å². The number of rotatable bonds is 8. The van der Waals surface area contributed by atoms with Crippen LogP contribution in [0.3, 0.4) is 0 Å². The van der Waals surface area contributed by atoms with Crippen LogP contribution in [0, 0.1) is 10.1 Å². The number of hydrogen-bond donors (Lipinski definition) is 0. The third-order valence-corrected chi connectivity index (χ3v) is 7.78. The lowest BCUT2D eigenvalue weighted by molar-refractivity contribution is -0.384. The fourth-order valence-corrected chi connectivity index (χ4v) is 5.89. The summed E-state index contributed by atoms with van der Waals surface area (Å²) in [6, 6.07) is 11.8. The summed E-state index contributed by atoms with van der Waals surface area (Å²) in [6.07, 6.45) is 1.53. The first kappa shape index (κ1) is 28.8. The Kier molecular flexibility index (Phi) is 8.01. The lowest BCUT2D eigenvalue weighted by Gasteiger charge is -2.25. The molecule has 2 aromatic carbocycles. The standard InChI is InChI=1S/C29H24ClN3O8S/c1-5-40-28(35)25-15(2)31-29-32(26(25)16-6-10-22(38-3)23(12-16)39-4)27(34)24(42-29)14-18-8-11-21(41-18)19-9-7-17(30)13-20(19)33(36)37/h6-14,26H,5H2,1-4H3/b24-14+/t26-/m1/s1. The number of aromatic nitrogens is 1. The Labute approximate surface area is 247 Å². The van der Waals surface area contributed by atoms with Gasteiger partial charge in [-0.1, -0.05) is 29.0 Å². The molecule has 0 unspecified atom stereocenters. The van der Waals surface area contributed by atoms with Crippen LogP contribution in [0.1, 0.15) is 31.2 Å². The molecule has 216 valence electrons. The zero-order chi connectivity index (χ0) is 30.1. The minimum absolute atomic E-state index is 0.144. The molecular weight excluding hydrogens is 586 g/mol. The van der Waals surface area contributed by atoms with Gasteiger partial charge in [0.15, 0.2) is 16.3 Å².